The summed E-state index contributed by atoms with van der Waals surface area (Å²) >= 11 is 0. The third kappa shape index (κ3) is 5.04. The first kappa shape index (κ1) is 30.0. The monoisotopic (exact) mass is 663 g/mol. The van der Waals surface area contributed by atoms with E-state index in [2.05, 4.69) is 199 Å². The lowest BCUT2D eigenvalue weighted by Gasteiger charge is -2.28. The molecule has 0 fully saturated rings. The highest BCUT2D eigenvalue weighted by atomic mass is 16.3. The third-order valence-corrected chi connectivity index (χ3v) is 10.2. The van der Waals surface area contributed by atoms with Crippen LogP contribution in [0.2, 0.25) is 0 Å². The highest BCUT2D eigenvalue weighted by Gasteiger charge is 2.23. The van der Waals surface area contributed by atoms with Gasteiger partial charge in [-0.15, -0.1) is 0 Å². The summed E-state index contributed by atoms with van der Waals surface area (Å²) < 4.78 is 6.76. The summed E-state index contributed by atoms with van der Waals surface area (Å²) in [6, 6.07) is 71.7. The van der Waals surface area contributed by atoms with Crippen molar-refractivity contribution in [2.75, 3.05) is 4.90 Å². The molecule has 9 aromatic carbocycles. The minimum absolute atomic E-state index is 0.872. The van der Waals surface area contributed by atoms with Crippen molar-refractivity contribution >= 4 is 60.5 Å². The smallest absolute Gasteiger partial charge is 0.145 e. The van der Waals surface area contributed by atoms with Crippen LogP contribution in [0.4, 0.5) is 17.1 Å². The maximum atomic E-state index is 6.76. The lowest BCUT2D eigenvalue weighted by Crippen LogP contribution is -2.11. The average Bonchev–Trinajstić information content (AvgIpc) is 3.62. The minimum atomic E-state index is 0.872. The molecule has 2 nitrogen and oxygen atoms in total. The van der Waals surface area contributed by atoms with Gasteiger partial charge in [-0.1, -0.05) is 158 Å². The summed E-state index contributed by atoms with van der Waals surface area (Å²) in [5.41, 5.74) is 11.9. The maximum absolute atomic E-state index is 6.76. The van der Waals surface area contributed by atoms with Crippen LogP contribution >= 0.6 is 0 Å². The van der Waals surface area contributed by atoms with Gasteiger partial charge in [-0.05, 0) is 91.8 Å². The van der Waals surface area contributed by atoms with Crippen molar-refractivity contribution in [2.45, 2.75) is 0 Å². The highest BCUT2D eigenvalue weighted by Crippen LogP contribution is 2.48. The van der Waals surface area contributed by atoms with Gasteiger partial charge in [0.2, 0.25) is 0 Å². The molecule has 0 spiro atoms. The molecule has 0 aliphatic heterocycles. The van der Waals surface area contributed by atoms with Gasteiger partial charge < -0.3 is 9.32 Å². The van der Waals surface area contributed by atoms with E-state index in [4.69, 9.17) is 4.42 Å². The topological polar surface area (TPSA) is 16.4 Å². The van der Waals surface area contributed by atoms with Crippen LogP contribution in [0.25, 0.3) is 76.9 Å². The van der Waals surface area contributed by atoms with Crippen LogP contribution in [0.5, 0.6) is 0 Å². The van der Waals surface area contributed by atoms with Gasteiger partial charge in [0.15, 0.2) is 0 Å². The summed E-state index contributed by atoms with van der Waals surface area (Å²) in [6.07, 6.45) is 0. The highest BCUT2D eigenvalue weighted by molar-refractivity contribution is 6.17. The molecular weight excluding hydrogens is 631 g/mol. The maximum Gasteiger partial charge on any atom is 0.145 e. The Bertz CT molecular complexity index is 2890. The molecule has 1 heterocycles. The molecule has 0 radical (unpaired) electrons. The van der Waals surface area contributed by atoms with E-state index >= 15 is 0 Å². The van der Waals surface area contributed by atoms with Crippen molar-refractivity contribution in [1.82, 2.24) is 0 Å². The van der Waals surface area contributed by atoms with Gasteiger partial charge in [-0.3, -0.25) is 0 Å². The summed E-state index contributed by atoms with van der Waals surface area (Å²) in [5, 5.41) is 7.11. The first-order chi connectivity index (χ1) is 25.8. The fourth-order valence-electron chi connectivity index (χ4n) is 7.81. The quantitative estimate of drug-likeness (QED) is 0.165. The van der Waals surface area contributed by atoms with Gasteiger partial charge >= 0.3 is 0 Å². The first-order valence-corrected chi connectivity index (χ1v) is 17.8. The van der Waals surface area contributed by atoms with Gasteiger partial charge in [0.05, 0.1) is 11.1 Å². The average molecular weight is 664 g/mol. The molecule has 0 aliphatic carbocycles. The zero-order valence-corrected chi connectivity index (χ0v) is 28.4. The zero-order valence-electron chi connectivity index (χ0n) is 28.4. The first-order valence-electron chi connectivity index (χ1n) is 17.8. The largest absolute Gasteiger partial charge is 0.455 e. The summed E-state index contributed by atoms with van der Waals surface area (Å²) in [4.78, 5) is 2.41. The van der Waals surface area contributed by atoms with E-state index in [9.17, 15) is 0 Å². The molecule has 0 saturated carbocycles. The zero-order chi connectivity index (χ0) is 34.4. The van der Waals surface area contributed by atoms with E-state index < -0.39 is 0 Å². The Morgan fingerprint density at radius 3 is 1.63 bits per heavy atom. The Kier molecular flexibility index (Phi) is 7.18. The van der Waals surface area contributed by atoms with Crippen molar-refractivity contribution in [3.05, 3.63) is 200 Å². The number of fused-ring (bicyclic) bond motifs is 6. The number of anilines is 3. The molecule has 0 bridgehead atoms. The number of benzene rings is 9. The van der Waals surface area contributed by atoms with Gasteiger partial charge in [-0.2, -0.15) is 0 Å². The van der Waals surface area contributed by atoms with Crippen molar-refractivity contribution in [3.63, 3.8) is 0 Å². The number of furan rings is 1. The van der Waals surface area contributed by atoms with Crippen LogP contribution in [0.3, 0.4) is 0 Å². The lowest BCUT2D eigenvalue weighted by molar-refractivity contribution is 0.670. The summed E-state index contributed by atoms with van der Waals surface area (Å²) in [6.45, 7) is 0. The Hall–Kier alpha value is -6.90. The van der Waals surface area contributed by atoms with Crippen molar-refractivity contribution in [2.24, 2.45) is 0 Å². The second kappa shape index (κ2) is 12.5. The molecule has 52 heavy (non-hydrogen) atoms. The molecule has 0 unspecified atom stereocenters. The Balaban J connectivity index is 1.28. The molecular formula is C50H33NO. The standard InChI is InChI=1S/C50H33NO/c1-4-14-34(15-5-1)42-28-27-40(33-46(42)36-18-8-3-9-19-36)51(39-26-29-43-38(32-39)25-24-37-20-10-11-21-41(37)43)47-31-30-44(35-16-6-2-7-17-35)50-49(47)45-22-12-13-23-48(45)52-50/h1-33H. The molecule has 244 valence electrons. The number of hydrogen-bond acceptors (Lipinski definition) is 2. The molecule has 0 N–H and O–H groups in total. The predicted molar refractivity (Wildman–Crippen MR) is 220 cm³/mol. The van der Waals surface area contributed by atoms with Crippen molar-refractivity contribution in [1.29, 1.82) is 0 Å². The molecule has 10 aromatic rings. The number of rotatable bonds is 6. The van der Waals surface area contributed by atoms with Crippen LogP contribution < -0.4 is 4.90 Å². The van der Waals surface area contributed by atoms with Gasteiger partial charge in [0, 0.05) is 22.3 Å². The van der Waals surface area contributed by atoms with Gasteiger partial charge in [0.1, 0.15) is 11.2 Å². The fourth-order valence-corrected chi connectivity index (χ4v) is 7.81. The van der Waals surface area contributed by atoms with E-state index in [1.807, 2.05) is 6.07 Å². The number of para-hydroxylation sites is 1. The molecule has 0 atom stereocenters. The third-order valence-electron chi connectivity index (χ3n) is 10.2. The predicted octanol–water partition coefficient (Wildman–Crippen LogP) is 14.4. The summed E-state index contributed by atoms with van der Waals surface area (Å²) in [5.74, 6) is 0. The van der Waals surface area contributed by atoms with Crippen LogP contribution in [0, 0.1) is 0 Å². The van der Waals surface area contributed by atoms with E-state index in [0.29, 0.717) is 0 Å². The second-order valence-corrected chi connectivity index (χ2v) is 13.3. The Labute approximate surface area is 302 Å². The van der Waals surface area contributed by atoms with Gasteiger partial charge in [0.25, 0.3) is 0 Å². The van der Waals surface area contributed by atoms with E-state index in [1.165, 1.54) is 43.8 Å². The molecule has 10 rings (SSSR count). The normalized spacial score (nSPS) is 11.5. The summed E-state index contributed by atoms with van der Waals surface area (Å²) in [7, 11) is 0. The van der Waals surface area contributed by atoms with E-state index in [0.717, 1.165) is 50.1 Å². The van der Waals surface area contributed by atoms with Crippen LogP contribution in [0.1, 0.15) is 0 Å². The van der Waals surface area contributed by atoms with Crippen LogP contribution in [0.15, 0.2) is 205 Å². The number of hydrogen-bond donors (Lipinski definition) is 0. The molecule has 1 aromatic heterocycles. The Morgan fingerprint density at radius 2 is 0.885 bits per heavy atom. The van der Waals surface area contributed by atoms with Crippen LogP contribution in [-0.4, -0.2) is 0 Å². The Morgan fingerprint density at radius 1 is 0.346 bits per heavy atom. The lowest BCUT2D eigenvalue weighted by atomic mass is 9.93. The SMILES string of the molecule is c1ccc(-c2ccc(N(c3ccc4c(ccc5ccccc54)c3)c3ccc(-c4ccccc4)c4oc5ccccc5c34)cc2-c2ccccc2)cc1. The van der Waals surface area contributed by atoms with Crippen molar-refractivity contribution in [3.8, 4) is 33.4 Å². The van der Waals surface area contributed by atoms with E-state index in [1.54, 1.807) is 0 Å². The molecule has 0 amide bonds. The fraction of sp³-hybridized carbons (Fsp3) is 0. The van der Waals surface area contributed by atoms with Gasteiger partial charge in [-0.25, -0.2) is 0 Å². The molecule has 2 heteroatoms. The minimum Gasteiger partial charge on any atom is -0.455 e. The second-order valence-electron chi connectivity index (χ2n) is 13.3. The molecule has 0 aliphatic rings. The molecule has 0 saturated heterocycles. The van der Waals surface area contributed by atoms with Crippen molar-refractivity contribution < 1.29 is 4.42 Å². The van der Waals surface area contributed by atoms with Crippen LogP contribution in [-0.2, 0) is 0 Å². The number of nitrogens with zero attached hydrogens (tertiary/aromatic N) is 1. The van der Waals surface area contributed by atoms with E-state index in [-0.39, 0.29) is 0 Å².